The van der Waals surface area contributed by atoms with Crippen LogP contribution in [0.4, 0.5) is 11.4 Å². The van der Waals surface area contributed by atoms with Gasteiger partial charge in [-0.15, -0.1) is 0 Å². The van der Waals surface area contributed by atoms with Crippen LogP contribution in [0.25, 0.3) is 0 Å². The number of benzene rings is 2. The van der Waals surface area contributed by atoms with E-state index in [1.807, 2.05) is 6.07 Å². The van der Waals surface area contributed by atoms with Crippen LogP contribution in [0.1, 0.15) is 15.9 Å². The van der Waals surface area contributed by atoms with Crippen molar-refractivity contribution in [1.29, 1.82) is 0 Å². The predicted molar refractivity (Wildman–Crippen MR) is 74.6 cm³/mol. The zero-order chi connectivity index (χ0) is 13.8. The van der Waals surface area contributed by atoms with Crippen LogP contribution in [0.2, 0.25) is 0 Å². The molecule has 0 unspecified atom stereocenters. The third-order valence-electron chi connectivity index (χ3n) is 2.68. The Kier molecular flexibility index (Phi) is 3.56. The van der Waals surface area contributed by atoms with Gasteiger partial charge in [-0.05, 0) is 29.8 Å². The first kappa shape index (κ1) is 12.8. The molecule has 0 bridgehead atoms. The topological polar surface area (TPSA) is 104 Å². The minimum Gasteiger partial charge on any atom is -0.489 e. The third-order valence-corrected chi connectivity index (χ3v) is 2.68. The summed E-state index contributed by atoms with van der Waals surface area (Å²) in [6.45, 7) is 0.324. The molecule has 6 N–H and O–H groups in total. The van der Waals surface area contributed by atoms with E-state index in [0.717, 1.165) is 5.56 Å². The Morgan fingerprint density at radius 1 is 1.05 bits per heavy atom. The minimum atomic E-state index is -0.460. The van der Waals surface area contributed by atoms with Crippen molar-refractivity contribution in [1.82, 2.24) is 0 Å². The first-order valence-electron chi connectivity index (χ1n) is 5.73. The van der Waals surface area contributed by atoms with Crippen LogP contribution < -0.4 is 21.9 Å². The zero-order valence-electron chi connectivity index (χ0n) is 10.3. The van der Waals surface area contributed by atoms with Crippen LogP contribution in [0.3, 0.4) is 0 Å². The third kappa shape index (κ3) is 3.16. The largest absolute Gasteiger partial charge is 0.489 e. The highest BCUT2D eigenvalue weighted by Crippen LogP contribution is 2.22. The Morgan fingerprint density at radius 3 is 2.53 bits per heavy atom. The molecular formula is C14H15N3O2. The number of anilines is 2. The van der Waals surface area contributed by atoms with E-state index in [2.05, 4.69) is 0 Å². The molecule has 0 saturated heterocycles. The number of nitrogen functional groups attached to an aromatic ring is 2. The first-order valence-corrected chi connectivity index (χ1v) is 5.73. The number of carbonyl (C=O) groups is 1. The van der Waals surface area contributed by atoms with Gasteiger partial charge in [0.2, 0.25) is 5.91 Å². The number of carbonyl (C=O) groups excluding carboxylic acids is 1. The van der Waals surface area contributed by atoms with E-state index in [1.54, 1.807) is 36.4 Å². The summed E-state index contributed by atoms with van der Waals surface area (Å²) in [5.74, 6) is 0.162. The highest BCUT2D eigenvalue weighted by molar-refractivity contribution is 5.92. The van der Waals surface area contributed by atoms with E-state index in [4.69, 9.17) is 21.9 Å². The van der Waals surface area contributed by atoms with Crippen molar-refractivity contribution in [3.05, 3.63) is 53.6 Å². The van der Waals surface area contributed by atoms with Gasteiger partial charge in [-0.2, -0.15) is 0 Å². The summed E-state index contributed by atoms with van der Waals surface area (Å²) in [4.78, 5) is 11.1. The fourth-order valence-electron chi connectivity index (χ4n) is 1.62. The summed E-state index contributed by atoms with van der Waals surface area (Å²) in [7, 11) is 0. The van der Waals surface area contributed by atoms with Crippen LogP contribution >= 0.6 is 0 Å². The molecule has 2 rings (SSSR count). The Bertz CT molecular complexity index is 611. The van der Waals surface area contributed by atoms with Crippen molar-refractivity contribution in [2.24, 2.45) is 5.73 Å². The standard InChI is InChI=1S/C14H15N3O2/c15-12-5-4-11(7-13(12)16)19-8-9-2-1-3-10(6-9)14(17)18/h1-7H,8,15-16H2,(H2,17,18). The van der Waals surface area contributed by atoms with Gasteiger partial charge >= 0.3 is 0 Å². The van der Waals surface area contributed by atoms with Crippen molar-refractivity contribution in [2.75, 3.05) is 11.5 Å². The number of ether oxygens (including phenoxy) is 1. The predicted octanol–water partition coefficient (Wildman–Crippen LogP) is 1.53. The van der Waals surface area contributed by atoms with Gasteiger partial charge in [-0.1, -0.05) is 12.1 Å². The molecule has 0 saturated carbocycles. The minimum absolute atomic E-state index is 0.324. The normalized spacial score (nSPS) is 10.1. The van der Waals surface area contributed by atoms with Gasteiger partial charge in [-0.25, -0.2) is 0 Å². The summed E-state index contributed by atoms with van der Waals surface area (Å²) in [5, 5.41) is 0. The van der Waals surface area contributed by atoms with Gasteiger partial charge in [0.05, 0.1) is 11.4 Å². The molecule has 0 aromatic heterocycles. The number of rotatable bonds is 4. The maximum absolute atomic E-state index is 11.1. The molecule has 0 radical (unpaired) electrons. The molecule has 0 aliphatic heterocycles. The molecule has 0 aliphatic rings. The lowest BCUT2D eigenvalue weighted by molar-refractivity contribution is 0.1000. The number of hydrogen-bond acceptors (Lipinski definition) is 4. The van der Waals surface area contributed by atoms with E-state index < -0.39 is 5.91 Å². The van der Waals surface area contributed by atoms with E-state index in [-0.39, 0.29) is 0 Å². The average molecular weight is 257 g/mol. The molecule has 1 amide bonds. The van der Waals surface area contributed by atoms with Crippen LogP contribution in [0, 0.1) is 0 Å². The number of amides is 1. The van der Waals surface area contributed by atoms with Crippen LogP contribution in [0.15, 0.2) is 42.5 Å². The SMILES string of the molecule is NC(=O)c1cccc(COc2ccc(N)c(N)c2)c1. The fraction of sp³-hybridized carbons (Fsp3) is 0.0714. The highest BCUT2D eigenvalue weighted by atomic mass is 16.5. The van der Waals surface area contributed by atoms with Crippen molar-refractivity contribution < 1.29 is 9.53 Å². The van der Waals surface area contributed by atoms with Crippen LogP contribution in [-0.2, 0) is 6.61 Å². The first-order chi connectivity index (χ1) is 9.06. The number of hydrogen-bond donors (Lipinski definition) is 3. The molecule has 2 aromatic carbocycles. The summed E-state index contributed by atoms with van der Waals surface area (Å²) in [5.41, 5.74) is 18.8. The monoisotopic (exact) mass is 257 g/mol. The van der Waals surface area contributed by atoms with E-state index in [0.29, 0.717) is 29.3 Å². The molecule has 98 valence electrons. The Labute approximate surface area is 111 Å². The lowest BCUT2D eigenvalue weighted by Gasteiger charge is -2.08. The lowest BCUT2D eigenvalue weighted by atomic mass is 10.1. The van der Waals surface area contributed by atoms with Crippen molar-refractivity contribution in [2.45, 2.75) is 6.61 Å². The van der Waals surface area contributed by atoms with Crippen molar-refractivity contribution in [3.8, 4) is 5.75 Å². The summed E-state index contributed by atoms with van der Waals surface area (Å²) < 4.78 is 5.57. The highest BCUT2D eigenvalue weighted by Gasteiger charge is 2.03. The smallest absolute Gasteiger partial charge is 0.248 e. The van der Waals surface area contributed by atoms with E-state index in [1.165, 1.54) is 0 Å². The second-order valence-corrected chi connectivity index (χ2v) is 4.14. The molecular weight excluding hydrogens is 242 g/mol. The van der Waals surface area contributed by atoms with Crippen molar-refractivity contribution >= 4 is 17.3 Å². The van der Waals surface area contributed by atoms with Gasteiger partial charge in [0.25, 0.3) is 0 Å². The molecule has 5 heteroatoms. The Balaban J connectivity index is 2.07. The molecule has 5 nitrogen and oxygen atoms in total. The van der Waals surface area contributed by atoms with Gasteiger partial charge in [0.15, 0.2) is 0 Å². The second kappa shape index (κ2) is 5.30. The summed E-state index contributed by atoms with van der Waals surface area (Å²) in [6.07, 6.45) is 0. The molecule has 2 aromatic rings. The molecule has 0 fully saturated rings. The molecule has 0 atom stereocenters. The Hall–Kier alpha value is -2.69. The molecule has 0 heterocycles. The molecule has 19 heavy (non-hydrogen) atoms. The van der Waals surface area contributed by atoms with Crippen LogP contribution in [0.5, 0.6) is 5.75 Å². The van der Waals surface area contributed by atoms with Gasteiger partial charge in [0.1, 0.15) is 12.4 Å². The average Bonchev–Trinajstić information content (AvgIpc) is 2.40. The van der Waals surface area contributed by atoms with Crippen LogP contribution in [-0.4, -0.2) is 5.91 Å². The summed E-state index contributed by atoms with van der Waals surface area (Å²) in [6, 6.07) is 12.1. The number of primary amides is 1. The maximum atomic E-state index is 11.1. The second-order valence-electron chi connectivity index (χ2n) is 4.14. The van der Waals surface area contributed by atoms with Crippen molar-refractivity contribution in [3.63, 3.8) is 0 Å². The quantitative estimate of drug-likeness (QED) is 0.722. The lowest BCUT2D eigenvalue weighted by Crippen LogP contribution is -2.11. The number of nitrogens with two attached hydrogens (primary N) is 3. The fourth-order valence-corrected chi connectivity index (χ4v) is 1.62. The van der Waals surface area contributed by atoms with Gasteiger partial charge in [0, 0.05) is 11.6 Å². The molecule has 0 spiro atoms. The van der Waals surface area contributed by atoms with Gasteiger partial charge < -0.3 is 21.9 Å². The summed E-state index contributed by atoms with van der Waals surface area (Å²) >= 11 is 0. The Morgan fingerprint density at radius 2 is 1.84 bits per heavy atom. The van der Waals surface area contributed by atoms with Gasteiger partial charge in [-0.3, -0.25) is 4.79 Å². The van der Waals surface area contributed by atoms with E-state index >= 15 is 0 Å². The zero-order valence-corrected chi connectivity index (χ0v) is 10.3. The van der Waals surface area contributed by atoms with E-state index in [9.17, 15) is 4.79 Å². The molecule has 0 aliphatic carbocycles. The maximum Gasteiger partial charge on any atom is 0.248 e.